The van der Waals surface area contributed by atoms with Crippen molar-refractivity contribution in [3.05, 3.63) is 0 Å². The van der Waals surface area contributed by atoms with Crippen molar-refractivity contribution < 1.29 is 0 Å². The van der Waals surface area contributed by atoms with Gasteiger partial charge >= 0.3 is 0 Å². The number of hydrogen-bond donors (Lipinski definition) is 1. The molecule has 0 amide bonds. The quantitative estimate of drug-likeness (QED) is 0.486. The van der Waals surface area contributed by atoms with Crippen LogP contribution in [0, 0.1) is 12.3 Å². The average molecular weight is 180 g/mol. The van der Waals surface area contributed by atoms with Crippen LogP contribution < -0.4 is 5.32 Å². The molecule has 1 aliphatic rings. The highest BCUT2D eigenvalue weighted by Gasteiger charge is 2.28. The second-order valence-corrected chi connectivity index (χ2v) is 3.90. The molecular weight excluding hydrogens is 160 g/mol. The second-order valence-electron chi connectivity index (χ2n) is 3.90. The molecule has 1 N–H and O–H groups in total. The number of rotatable bonds is 6. The first kappa shape index (κ1) is 10.6. The molecule has 2 nitrogen and oxygen atoms in total. The monoisotopic (exact) mass is 180 g/mol. The summed E-state index contributed by atoms with van der Waals surface area (Å²) in [4.78, 5) is 2.46. The first-order valence-corrected chi connectivity index (χ1v) is 5.12. The number of nitrogens with zero attached hydrogens (tertiary/aromatic N) is 1. The maximum absolute atomic E-state index is 5.16. The Morgan fingerprint density at radius 2 is 2.31 bits per heavy atom. The van der Waals surface area contributed by atoms with Gasteiger partial charge in [-0.25, -0.2) is 0 Å². The van der Waals surface area contributed by atoms with Crippen molar-refractivity contribution in [2.75, 3.05) is 20.1 Å². The van der Waals surface area contributed by atoms with E-state index in [1.54, 1.807) is 0 Å². The van der Waals surface area contributed by atoms with E-state index in [1.807, 2.05) is 0 Å². The summed E-state index contributed by atoms with van der Waals surface area (Å²) >= 11 is 0. The van der Waals surface area contributed by atoms with Crippen LogP contribution in [0.3, 0.4) is 0 Å². The fourth-order valence-electron chi connectivity index (χ4n) is 1.46. The summed E-state index contributed by atoms with van der Waals surface area (Å²) in [6, 6.07) is 1.48. The van der Waals surface area contributed by atoms with Crippen molar-refractivity contribution in [1.82, 2.24) is 10.2 Å². The molecule has 13 heavy (non-hydrogen) atoms. The van der Waals surface area contributed by atoms with E-state index < -0.39 is 0 Å². The van der Waals surface area contributed by atoms with E-state index in [0.717, 1.165) is 25.6 Å². The van der Waals surface area contributed by atoms with Crippen molar-refractivity contribution in [2.45, 2.75) is 38.3 Å². The van der Waals surface area contributed by atoms with Gasteiger partial charge in [-0.1, -0.05) is 0 Å². The third-order valence-corrected chi connectivity index (χ3v) is 2.70. The molecule has 0 aromatic heterocycles. The Morgan fingerprint density at radius 3 is 2.85 bits per heavy atom. The summed E-state index contributed by atoms with van der Waals surface area (Å²) in [5, 5.41) is 3.37. The van der Waals surface area contributed by atoms with Crippen LogP contribution in [0.1, 0.15) is 26.2 Å². The molecule has 0 heterocycles. The molecule has 1 aliphatic carbocycles. The maximum atomic E-state index is 5.16. The molecule has 0 bridgehead atoms. The summed E-state index contributed by atoms with van der Waals surface area (Å²) in [6.07, 6.45) is 8.76. The van der Waals surface area contributed by atoms with Gasteiger partial charge in [0.05, 0.1) is 0 Å². The number of hydrogen-bond acceptors (Lipinski definition) is 2. The lowest BCUT2D eigenvalue weighted by Crippen LogP contribution is -2.39. The standard InChI is InChI=1S/C11H20N2/c1-4-5-8-12-9-10(2)13(3)11-6-7-11/h1,10-12H,5-9H2,2-3H3. The molecule has 1 unspecified atom stereocenters. The Balaban J connectivity index is 2.03. The molecule has 74 valence electrons. The molecule has 1 saturated carbocycles. The molecule has 1 fully saturated rings. The third kappa shape index (κ3) is 3.80. The van der Waals surface area contributed by atoms with Crippen molar-refractivity contribution in [3.63, 3.8) is 0 Å². The SMILES string of the molecule is C#CCCNCC(C)N(C)C1CC1. The Morgan fingerprint density at radius 1 is 1.62 bits per heavy atom. The van der Waals surface area contributed by atoms with E-state index in [1.165, 1.54) is 12.8 Å². The van der Waals surface area contributed by atoms with Crippen molar-refractivity contribution >= 4 is 0 Å². The Bertz CT molecular complexity index is 179. The van der Waals surface area contributed by atoms with Crippen molar-refractivity contribution in [1.29, 1.82) is 0 Å². The maximum Gasteiger partial charge on any atom is 0.0211 e. The predicted molar refractivity (Wildman–Crippen MR) is 56.6 cm³/mol. The third-order valence-electron chi connectivity index (χ3n) is 2.70. The molecule has 1 rings (SSSR count). The smallest absolute Gasteiger partial charge is 0.0211 e. The molecule has 0 aliphatic heterocycles. The minimum absolute atomic E-state index is 0.630. The summed E-state index contributed by atoms with van der Waals surface area (Å²) in [6.45, 7) is 4.26. The molecule has 0 aromatic carbocycles. The van der Waals surface area contributed by atoms with Gasteiger partial charge in [-0.15, -0.1) is 12.3 Å². The zero-order valence-corrected chi connectivity index (χ0v) is 8.71. The van der Waals surface area contributed by atoms with Gasteiger partial charge < -0.3 is 5.32 Å². The predicted octanol–water partition coefficient (Wildman–Crippen LogP) is 1.08. The normalized spacial score (nSPS) is 18.6. The van der Waals surface area contributed by atoms with E-state index in [4.69, 9.17) is 6.42 Å². The van der Waals surface area contributed by atoms with Crippen LogP contribution in [0.5, 0.6) is 0 Å². The molecule has 0 radical (unpaired) electrons. The summed E-state index contributed by atoms with van der Waals surface area (Å²) in [5.74, 6) is 2.63. The van der Waals surface area contributed by atoms with Crippen molar-refractivity contribution in [3.8, 4) is 12.3 Å². The van der Waals surface area contributed by atoms with Gasteiger partial charge in [0.15, 0.2) is 0 Å². The first-order chi connectivity index (χ1) is 6.25. The lowest BCUT2D eigenvalue weighted by atomic mass is 10.3. The Hall–Kier alpha value is -0.520. The summed E-state index contributed by atoms with van der Waals surface area (Å²) in [7, 11) is 2.21. The van der Waals surface area contributed by atoms with Crippen molar-refractivity contribution in [2.24, 2.45) is 0 Å². The van der Waals surface area contributed by atoms with Gasteiger partial charge in [0.2, 0.25) is 0 Å². The fourth-order valence-corrected chi connectivity index (χ4v) is 1.46. The second kappa shape index (κ2) is 5.26. The zero-order chi connectivity index (χ0) is 9.68. The molecule has 0 spiro atoms. The molecule has 0 saturated heterocycles. The van der Waals surface area contributed by atoms with Crippen LogP contribution in [0.15, 0.2) is 0 Å². The summed E-state index contributed by atoms with van der Waals surface area (Å²) < 4.78 is 0. The largest absolute Gasteiger partial charge is 0.314 e. The van der Waals surface area contributed by atoms with E-state index in [0.29, 0.717) is 6.04 Å². The lowest BCUT2D eigenvalue weighted by Gasteiger charge is -2.24. The van der Waals surface area contributed by atoms with E-state index in [2.05, 4.69) is 30.1 Å². The molecule has 1 atom stereocenters. The van der Waals surface area contributed by atoms with Crippen LogP contribution >= 0.6 is 0 Å². The topological polar surface area (TPSA) is 15.3 Å². The van der Waals surface area contributed by atoms with Gasteiger partial charge in [-0.3, -0.25) is 4.90 Å². The molecule has 2 heteroatoms. The minimum Gasteiger partial charge on any atom is -0.314 e. The minimum atomic E-state index is 0.630. The highest BCUT2D eigenvalue weighted by Crippen LogP contribution is 2.26. The van der Waals surface area contributed by atoms with Gasteiger partial charge in [-0.2, -0.15) is 0 Å². The van der Waals surface area contributed by atoms with Gasteiger partial charge in [0, 0.05) is 31.6 Å². The van der Waals surface area contributed by atoms with Crippen LogP contribution in [0.2, 0.25) is 0 Å². The van der Waals surface area contributed by atoms with Gasteiger partial charge in [0.1, 0.15) is 0 Å². The van der Waals surface area contributed by atoms with Gasteiger partial charge in [0.25, 0.3) is 0 Å². The fraction of sp³-hybridized carbons (Fsp3) is 0.818. The van der Waals surface area contributed by atoms with E-state index >= 15 is 0 Å². The average Bonchev–Trinajstić information content (AvgIpc) is 2.94. The highest BCUT2D eigenvalue weighted by molar-refractivity contribution is 4.87. The number of nitrogens with one attached hydrogen (secondary N) is 1. The molecule has 0 aromatic rings. The number of likely N-dealkylation sites (N-methyl/N-ethyl adjacent to an activating group) is 1. The highest BCUT2D eigenvalue weighted by atomic mass is 15.2. The lowest BCUT2D eigenvalue weighted by molar-refractivity contribution is 0.242. The zero-order valence-electron chi connectivity index (χ0n) is 8.71. The Labute approximate surface area is 81.7 Å². The van der Waals surface area contributed by atoms with Gasteiger partial charge in [-0.05, 0) is 26.8 Å². The van der Waals surface area contributed by atoms with Crippen LogP contribution in [0.25, 0.3) is 0 Å². The van der Waals surface area contributed by atoms with E-state index in [9.17, 15) is 0 Å². The summed E-state index contributed by atoms with van der Waals surface area (Å²) in [5.41, 5.74) is 0. The van der Waals surface area contributed by atoms with Crippen LogP contribution in [-0.2, 0) is 0 Å². The molecular formula is C11H20N2. The van der Waals surface area contributed by atoms with Crippen LogP contribution in [-0.4, -0.2) is 37.1 Å². The van der Waals surface area contributed by atoms with E-state index in [-0.39, 0.29) is 0 Å². The Kier molecular flexibility index (Phi) is 4.27. The number of terminal acetylenes is 1. The van der Waals surface area contributed by atoms with Crippen LogP contribution in [0.4, 0.5) is 0 Å². The first-order valence-electron chi connectivity index (χ1n) is 5.12.